The van der Waals surface area contributed by atoms with Crippen LogP contribution < -0.4 is 10.1 Å². The smallest absolute Gasteiger partial charge is 0.234 e. The Morgan fingerprint density at radius 1 is 1.32 bits per heavy atom. The maximum Gasteiger partial charge on any atom is 0.234 e. The number of halogens is 1. The summed E-state index contributed by atoms with van der Waals surface area (Å²) in [6, 6.07) is 15.9. The van der Waals surface area contributed by atoms with Crippen molar-refractivity contribution < 1.29 is 9.53 Å². The molecular formula is C22H20ClN5O2S. The molecule has 0 aliphatic heterocycles. The van der Waals surface area contributed by atoms with Gasteiger partial charge in [0.25, 0.3) is 0 Å². The van der Waals surface area contributed by atoms with E-state index in [-0.39, 0.29) is 11.7 Å². The molecule has 9 heteroatoms. The zero-order chi connectivity index (χ0) is 22.2. The number of hydrogen-bond acceptors (Lipinski definition) is 6. The molecule has 0 fully saturated rings. The Morgan fingerprint density at radius 3 is 2.74 bits per heavy atom. The highest BCUT2D eigenvalue weighted by Crippen LogP contribution is 2.29. The van der Waals surface area contributed by atoms with Crippen LogP contribution in [0.2, 0.25) is 5.02 Å². The lowest BCUT2D eigenvalue weighted by Gasteiger charge is -2.16. The lowest BCUT2D eigenvalue weighted by molar-refractivity contribution is -0.113. The van der Waals surface area contributed by atoms with Gasteiger partial charge in [-0.3, -0.25) is 9.36 Å². The van der Waals surface area contributed by atoms with Crippen LogP contribution in [-0.4, -0.2) is 26.4 Å². The molecule has 0 bridgehead atoms. The predicted molar refractivity (Wildman–Crippen MR) is 121 cm³/mol. The summed E-state index contributed by atoms with van der Waals surface area (Å²) in [5.41, 5.74) is 1.16. The van der Waals surface area contributed by atoms with Crippen LogP contribution in [0.25, 0.3) is 0 Å². The van der Waals surface area contributed by atoms with Gasteiger partial charge in [-0.05, 0) is 43.3 Å². The van der Waals surface area contributed by atoms with Crippen molar-refractivity contribution in [2.24, 2.45) is 0 Å². The Balaban J connectivity index is 1.66. The molecule has 3 rings (SSSR count). The highest BCUT2D eigenvalue weighted by molar-refractivity contribution is 7.99. The second-order valence-electron chi connectivity index (χ2n) is 6.46. The monoisotopic (exact) mass is 453 g/mol. The van der Waals surface area contributed by atoms with E-state index in [1.165, 1.54) is 11.8 Å². The number of para-hydroxylation sites is 1. The molecule has 7 nitrogen and oxygen atoms in total. The summed E-state index contributed by atoms with van der Waals surface area (Å²) in [6.45, 7) is 6.12. The molecule has 1 heterocycles. The van der Waals surface area contributed by atoms with Crippen LogP contribution in [0.1, 0.15) is 24.4 Å². The number of aromatic nitrogens is 3. The summed E-state index contributed by atoms with van der Waals surface area (Å²) >= 11 is 7.45. The summed E-state index contributed by atoms with van der Waals surface area (Å²) < 4.78 is 7.81. The molecule has 1 aromatic heterocycles. The number of benzene rings is 2. The SMILES string of the molecule is C=CCn1c(SCC(=O)Nc2ccc(C#N)cc2)nnc1C(C)Oc1ccccc1Cl. The minimum absolute atomic E-state index is 0.148. The average molecular weight is 454 g/mol. The average Bonchev–Trinajstić information content (AvgIpc) is 3.17. The van der Waals surface area contributed by atoms with E-state index in [9.17, 15) is 4.79 Å². The van der Waals surface area contributed by atoms with E-state index in [0.29, 0.717) is 39.5 Å². The first kappa shape index (κ1) is 22.4. The number of thioether (sulfide) groups is 1. The largest absolute Gasteiger partial charge is 0.481 e. The van der Waals surface area contributed by atoms with Crippen LogP contribution >= 0.6 is 23.4 Å². The van der Waals surface area contributed by atoms with Gasteiger partial charge in [-0.15, -0.1) is 16.8 Å². The minimum Gasteiger partial charge on any atom is -0.481 e. The van der Waals surface area contributed by atoms with Crippen molar-refractivity contribution in [1.29, 1.82) is 5.26 Å². The van der Waals surface area contributed by atoms with Crippen molar-refractivity contribution in [2.45, 2.75) is 24.7 Å². The van der Waals surface area contributed by atoms with Crippen LogP contribution in [-0.2, 0) is 11.3 Å². The maximum absolute atomic E-state index is 12.3. The molecule has 0 aliphatic rings. The Hall–Kier alpha value is -3.28. The van der Waals surface area contributed by atoms with Crippen LogP contribution in [0.4, 0.5) is 5.69 Å². The van der Waals surface area contributed by atoms with Crippen molar-refractivity contribution in [2.75, 3.05) is 11.1 Å². The zero-order valence-electron chi connectivity index (χ0n) is 16.8. The molecule has 1 N–H and O–H groups in total. The first-order valence-electron chi connectivity index (χ1n) is 9.39. The number of anilines is 1. The van der Waals surface area contributed by atoms with E-state index < -0.39 is 6.10 Å². The third-order valence-corrected chi connectivity index (χ3v) is 5.47. The molecule has 0 saturated heterocycles. The molecule has 158 valence electrons. The van der Waals surface area contributed by atoms with Crippen LogP contribution in [0.5, 0.6) is 5.75 Å². The number of allylic oxidation sites excluding steroid dienone is 1. The van der Waals surface area contributed by atoms with Gasteiger partial charge in [0.05, 0.1) is 22.4 Å². The Labute approximate surface area is 189 Å². The highest BCUT2D eigenvalue weighted by Gasteiger charge is 2.20. The zero-order valence-corrected chi connectivity index (χ0v) is 18.4. The molecule has 31 heavy (non-hydrogen) atoms. The molecule has 2 aromatic carbocycles. The van der Waals surface area contributed by atoms with Crippen molar-refractivity contribution in [3.63, 3.8) is 0 Å². The number of amides is 1. The number of nitrogens with zero attached hydrogens (tertiary/aromatic N) is 4. The molecule has 0 aliphatic carbocycles. The number of nitrogens with one attached hydrogen (secondary N) is 1. The van der Waals surface area contributed by atoms with Crippen molar-refractivity contribution in [1.82, 2.24) is 14.8 Å². The summed E-state index contributed by atoms with van der Waals surface area (Å²) in [5, 5.41) is 21.2. The fraction of sp³-hybridized carbons (Fsp3) is 0.182. The van der Waals surface area contributed by atoms with Crippen LogP contribution in [0, 0.1) is 11.3 Å². The molecule has 1 atom stereocenters. The summed E-state index contributed by atoms with van der Waals surface area (Å²) in [6.07, 6.45) is 1.32. The molecule has 1 amide bonds. The topological polar surface area (TPSA) is 92.8 Å². The standard InChI is InChI=1S/C22H20ClN5O2S/c1-3-12-28-21(15(2)30-19-7-5-4-6-18(19)23)26-27-22(28)31-14-20(29)25-17-10-8-16(13-24)9-11-17/h3-11,15H,1,12,14H2,2H3,(H,25,29). The third-order valence-electron chi connectivity index (χ3n) is 4.19. The van der Waals surface area contributed by atoms with Gasteiger partial charge >= 0.3 is 0 Å². The first-order chi connectivity index (χ1) is 15.0. The van der Waals surface area contributed by atoms with Gasteiger partial charge in [0, 0.05) is 12.2 Å². The highest BCUT2D eigenvalue weighted by atomic mass is 35.5. The van der Waals surface area contributed by atoms with Crippen molar-refractivity contribution >= 4 is 35.0 Å². The van der Waals surface area contributed by atoms with E-state index in [0.717, 1.165) is 0 Å². The maximum atomic E-state index is 12.3. The molecular weight excluding hydrogens is 434 g/mol. The molecule has 0 radical (unpaired) electrons. The minimum atomic E-state index is -0.408. The van der Waals surface area contributed by atoms with E-state index in [1.54, 1.807) is 42.5 Å². The Morgan fingerprint density at radius 2 is 2.06 bits per heavy atom. The lowest BCUT2D eigenvalue weighted by Crippen LogP contribution is -2.15. The summed E-state index contributed by atoms with van der Waals surface area (Å²) in [7, 11) is 0. The number of hydrogen-bond donors (Lipinski definition) is 1. The van der Waals surface area contributed by atoms with E-state index in [4.69, 9.17) is 21.6 Å². The lowest BCUT2D eigenvalue weighted by atomic mass is 10.2. The predicted octanol–water partition coefficient (Wildman–Crippen LogP) is 4.86. The Kier molecular flexibility index (Phi) is 7.70. The van der Waals surface area contributed by atoms with Crippen LogP contribution in [0.3, 0.4) is 0 Å². The summed E-state index contributed by atoms with van der Waals surface area (Å²) in [4.78, 5) is 12.3. The fourth-order valence-corrected chi connectivity index (χ4v) is 3.68. The molecule has 3 aromatic rings. The Bertz CT molecular complexity index is 1110. The van der Waals surface area contributed by atoms with E-state index in [1.807, 2.05) is 29.7 Å². The van der Waals surface area contributed by atoms with Gasteiger partial charge in [-0.2, -0.15) is 5.26 Å². The van der Waals surface area contributed by atoms with E-state index >= 15 is 0 Å². The molecule has 1 unspecified atom stereocenters. The van der Waals surface area contributed by atoms with Crippen molar-refractivity contribution in [3.05, 3.63) is 77.6 Å². The summed E-state index contributed by atoms with van der Waals surface area (Å²) in [5.74, 6) is 1.12. The van der Waals surface area contributed by atoms with Gasteiger partial charge in [-0.1, -0.05) is 41.6 Å². The van der Waals surface area contributed by atoms with E-state index in [2.05, 4.69) is 22.1 Å². The fourth-order valence-electron chi connectivity index (χ4n) is 2.75. The second kappa shape index (κ2) is 10.7. The van der Waals surface area contributed by atoms with Gasteiger partial charge in [0.1, 0.15) is 5.75 Å². The number of ether oxygens (including phenoxy) is 1. The van der Waals surface area contributed by atoms with Gasteiger partial charge in [-0.25, -0.2) is 0 Å². The van der Waals surface area contributed by atoms with Gasteiger partial charge < -0.3 is 10.1 Å². The number of carbonyl (C=O) groups is 1. The first-order valence-corrected chi connectivity index (χ1v) is 10.8. The third kappa shape index (κ3) is 5.87. The van der Waals surface area contributed by atoms with Crippen LogP contribution in [0.15, 0.2) is 66.3 Å². The van der Waals surface area contributed by atoms with Crippen molar-refractivity contribution in [3.8, 4) is 11.8 Å². The number of nitriles is 1. The number of rotatable bonds is 9. The quantitative estimate of drug-likeness (QED) is 0.367. The van der Waals surface area contributed by atoms with Gasteiger partial charge in [0.2, 0.25) is 5.91 Å². The normalized spacial score (nSPS) is 11.4. The number of carbonyl (C=O) groups excluding carboxylic acids is 1. The molecule has 0 spiro atoms. The van der Waals surface area contributed by atoms with Gasteiger partial charge in [0.15, 0.2) is 17.1 Å². The molecule has 0 saturated carbocycles. The second-order valence-corrected chi connectivity index (χ2v) is 7.81.